The highest BCUT2D eigenvalue weighted by atomic mass is 35.5. The molecule has 1 aromatic heterocycles. The molecule has 0 spiro atoms. The molecule has 6 nitrogen and oxygen atoms in total. The van der Waals surface area contributed by atoms with E-state index in [-0.39, 0.29) is 5.60 Å². The second-order valence-electron chi connectivity index (χ2n) is 8.69. The Balaban J connectivity index is 1.25. The van der Waals surface area contributed by atoms with Crippen LogP contribution in [0.1, 0.15) is 24.0 Å². The zero-order chi connectivity index (χ0) is 23.1. The number of aromatic nitrogens is 2. The molecule has 0 N–H and O–H groups in total. The van der Waals surface area contributed by atoms with Gasteiger partial charge >= 0.3 is 0 Å². The highest BCUT2D eigenvalue weighted by molar-refractivity contribution is 6.30. The van der Waals surface area contributed by atoms with Gasteiger partial charge in [-0.3, -0.25) is 9.58 Å². The number of hydrogen-bond acceptors (Lipinski definition) is 5. The Bertz CT molecular complexity index is 1030. The van der Waals surface area contributed by atoms with Crippen molar-refractivity contribution in [3.63, 3.8) is 0 Å². The van der Waals surface area contributed by atoms with Gasteiger partial charge in [-0.05, 0) is 61.2 Å². The molecular weight excluding hydrogens is 438 g/mol. The Morgan fingerprint density at radius 3 is 2.48 bits per heavy atom. The third kappa shape index (κ3) is 6.73. The molecule has 7 heteroatoms. The maximum absolute atomic E-state index is 6.07. The van der Waals surface area contributed by atoms with E-state index in [0.717, 1.165) is 56.1 Å². The van der Waals surface area contributed by atoms with Gasteiger partial charge in [0.25, 0.3) is 0 Å². The number of ether oxygens (including phenoxy) is 3. The van der Waals surface area contributed by atoms with Crippen LogP contribution in [-0.4, -0.2) is 53.7 Å². The third-order valence-electron chi connectivity index (χ3n) is 6.15. The molecule has 1 saturated heterocycles. The summed E-state index contributed by atoms with van der Waals surface area (Å²) in [4.78, 5) is 2.46. The molecule has 3 aromatic rings. The van der Waals surface area contributed by atoms with Crippen molar-refractivity contribution in [1.82, 2.24) is 14.7 Å². The summed E-state index contributed by atoms with van der Waals surface area (Å²) in [5.74, 6) is 1.68. The number of methoxy groups -OCH3 is 1. The molecule has 0 bridgehead atoms. The highest BCUT2D eigenvalue weighted by Crippen LogP contribution is 2.29. The smallest absolute Gasteiger partial charge is 0.120 e. The van der Waals surface area contributed by atoms with E-state index < -0.39 is 0 Å². The number of likely N-dealkylation sites (tertiary alicyclic amines) is 1. The Hall–Kier alpha value is -2.54. The fourth-order valence-corrected chi connectivity index (χ4v) is 4.32. The van der Waals surface area contributed by atoms with Crippen molar-refractivity contribution < 1.29 is 14.2 Å². The summed E-state index contributed by atoms with van der Waals surface area (Å²) in [6.45, 7) is 6.70. The Kier molecular flexibility index (Phi) is 7.91. The van der Waals surface area contributed by atoms with E-state index in [1.807, 2.05) is 54.3 Å². The van der Waals surface area contributed by atoms with Crippen LogP contribution in [0.4, 0.5) is 0 Å². The lowest BCUT2D eigenvalue weighted by Gasteiger charge is -2.40. The highest BCUT2D eigenvalue weighted by Gasteiger charge is 2.35. The van der Waals surface area contributed by atoms with E-state index in [9.17, 15) is 0 Å². The van der Waals surface area contributed by atoms with Crippen molar-refractivity contribution in [1.29, 1.82) is 0 Å². The van der Waals surface area contributed by atoms with Crippen LogP contribution in [0, 0.1) is 6.92 Å². The van der Waals surface area contributed by atoms with E-state index >= 15 is 0 Å². The van der Waals surface area contributed by atoms with E-state index in [1.165, 1.54) is 5.56 Å². The molecule has 4 rings (SSSR count). The van der Waals surface area contributed by atoms with E-state index in [4.69, 9.17) is 25.8 Å². The minimum Gasteiger partial charge on any atom is -0.492 e. The van der Waals surface area contributed by atoms with Gasteiger partial charge in [-0.25, -0.2) is 0 Å². The Morgan fingerprint density at radius 1 is 1.03 bits per heavy atom. The third-order valence-corrected chi connectivity index (χ3v) is 6.39. The summed E-state index contributed by atoms with van der Waals surface area (Å²) in [5, 5.41) is 4.98. The first kappa shape index (κ1) is 23.6. The lowest BCUT2D eigenvalue weighted by atomic mass is 9.91. The quantitative estimate of drug-likeness (QED) is 0.419. The summed E-state index contributed by atoms with van der Waals surface area (Å²) in [6, 6.07) is 15.9. The van der Waals surface area contributed by atoms with Crippen molar-refractivity contribution in [2.45, 2.75) is 38.5 Å². The largest absolute Gasteiger partial charge is 0.492 e. The molecule has 1 aliphatic heterocycles. The molecule has 176 valence electrons. The normalized spacial score (nSPS) is 16.0. The first-order chi connectivity index (χ1) is 16.0. The predicted octanol–water partition coefficient (Wildman–Crippen LogP) is 4.98. The molecule has 1 aliphatic rings. The van der Waals surface area contributed by atoms with Gasteiger partial charge in [0.05, 0.1) is 12.7 Å². The molecule has 0 atom stereocenters. The number of aryl methyl sites for hydroxylation is 1. The van der Waals surface area contributed by atoms with Crippen LogP contribution in [0.25, 0.3) is 0 Å². The van der Waals surface area contributed by atoms with Crippen LogP contribution >= 0.6 is 11.6 Å². The zero-order valence-electron chi connectivity index (χ0n) is 19.4. The molecular formula is C26H32ClN3O3. The van der Waals surface area contributed by atoms with Gasteiger partial charge in [-0.1, -0.05) is 29.8 Å². The van der Waals surface area contributed by atoms with Gasteiger partial charge in [0.2, 0.25) is 0 Å². The van der Waals surface area contributed by atoms with Crippen LogP contribution in [0.5, 0.6) is 11.5 Å². The van der Waals surface area contributed by atoms with Crippen molar-refractivity contribution in [2.24, 2.45) is 0 Å². The average molecular weight is 470 g/mol. The minimum atomic E-state index is -0.269. The number of benzene rings is 2. The van der Waals surface area contributed by atoms with Crippen LogP contribution in [0.15, 0.2) is 60.9 Å². The molecule has 0 radical (unpaired) electrons. The first-order valence-electron chi connectivity index (χ1n) is 11.4. The molecule has 0 aliphatic carbocycles. The van der Waals surface area contributed by atoms with Crippen LogP contribution in [-0.2, 0) is 17.8 Å². The van der Waals surface area contributed by atoms with E-state index in [1.54, 1.807) is 7.11 Å². The number of hydrogen-bond donors (Lipinski definition) is 0. The number of rotatable bonds is 10. The molecule has 33 heavy (non-hydrogen) atoms. The molecule has 0 amide bonds. The van der Waals surface area contributed by atoms with E-state index in [0.29, 0.717) is 18.2 Å². The maximum Gasteiger partial charge on any atom is 0.120 e. The fraction of sp³-hybridized carbons (Fsp3) is 0.423. The number of halogens is 1. The lowest BCUT2D eigenvalue weighted by Crippen LogP contribution is -2.48. The second-order valence-corrected chi connectivity index (χ2v) is 9.12. The average Bonchev–Trinajstić information content (AvgIpc) is 3.24. The summed E-state index contributed by atoms with van der Waals surface area (Å²) in [7, 11) is 1.78. The van der Waals surface area contributed by atoms with Gasteiger partial charge in [0.1, 0.15) is 30.3 Å². The molecule has 0 unspecified atom stereocenters. The van der Waals surface area contributed by atoms with Crippen molar-refractivity contribution in [3.8, 4) is 11.5 Å². The summed E-state index contributed by atoms with van der Waals surface area (Å²) >= 11 is 6.07. The van der Waals surface area contributed by atoms with Crippen LogP contribution in [0.3, 0.4) is 0 Å². The Labute approximate surface area is 201 Å². The second kappa shape index (κ2) is 11.1. The Morgan fingerprint density at radius 2 is 1.79 bits per heavy atom. The fourth-order valence-electron chi connectivity index (χ4n) is 4.14. The summed E-state index contributed by atoms with van der Waals surface area (Å²) in [6.07, 6.45) is 5.73. The lowest BCUT2D eigenvalue weighted by molar-refractivity contribution is -0.0839. The summed E-state index contributed by atoms with van der Waals surface area (Å²) < 4.78 is 19.8. The van der Waals surface area contributed by atoms with Gasteiger partial charge in [0.15, 0.2) is 0 Å². The topological polar surface area (TPSA) is 48.8 Å². The molecule has 0 saturated carbocycles. The minimum absolute atomic E-state index is 0.269. The number of piperidine rings is 1. The molecule has 1 fully saturated rings. The van der Waals surface area contributed by atoms with Crippen LogP contribution in [0.2, 0.25) is 5.02 Å². The molecule has 2 aromatic carbocycles. The van der Waals surface area contributed by atoms with E-state index in [2.05, 4.69) is 28.2 Å². The zero-order valence-corrected chi connectivity index (χ0v) is 20.1. The monoisotopic (exact) mass is 469 g/mol. The van der Waals surface area contributed by atoms with Gasteiger partial charge < -0.3 is 14.2 Å². The van der Waals surface area contributed by atoms with Gasteiger partial charge in [-0.2, -0.15) is 5.10 Å². The number of nitrogens with zero attached hydrogens (tertiary/aromatic N) is 3. The van der Waals surface area contributed by atoms with Crippen LogP contribution < -0.4 is 9.47 Å². The summed E-state index contributed by atoms with van der Waals surface area (Å²) in [5.41, 5.74) is 2.14. The van der Waals surface area contributed by atoms with Gasteiger partial charge in [0, 0.05) is 38.0 Å². The standard InChI is InChI=1S/C26H32ClN3O3/c1-21-17-28-30(18-21)13-14-32-24-7-3-5-22(15-24)19-29-11-9-26(31-2,10-12-29)20-33-25-8-4-6-23(27)16-25/h3-8,15-18H,9-14,19-20H2,1-2H3. The van der Waals surface area contributed by atoms with Gasteiger partial charge in [-0.15, -0.1) is 0 Å². The van der Waals surface area contributed by atoms with Crippen molar-refractivity contribution >= 4 is 11.6 Å². The molecule has 2 heterocycles. The predicted molar refractivity (Wildman–Crippen MR) is 130 cm³/mol. The van der Waals surface area contributed by atoms with Crippen molar-refractivity contribution in [3.05, 3.63) is 77.1 Å². The SMILES string of the molecule is COC1(COc2cccc(Cl)c2)CCN(Cc2cccc(OCCn3cc(C)cn3)c2)CC1. The van der Waals surface area contributed by atoms with Crippen molar-refractivity contribution in [2.75, 3.05) is 33.4 Å². The first-order valence-corrected chi connectivity index (χ1v) is 11.8. The maximum atomic E-state index is 6.07.